The van der Waals surface area contributed by atoms with Crippen LogP contribution in [0.25, 0.3) is 10.2 Å². The molecule has 0 saturated heterocycles. The number of rotatable bonds is 5. The number of carbonyl (C=O) groups excluding carboxylic acids is 1. The lowest BCUT2D eigenvalue weighted by atomic mass is 10.2. The number of benzene rings is 1. The van der Waals surface area contributed by atoms with Crippen LogP contribution in [0.4, 0.5) is 5.13 Å². The van der Waals surface area contributed by atoms with Gasteiger partial charge in [-0.3, -0.25) is 9.69 Å². The molecule has 4 rings (SSSR count). The number of hydrogen-bond donors (Lipinski definition) is 0. The molecule has 132 valence electrons. The third kappa shape index (κ3) is 3.00. The molecule has 0 unspecified atom stereocenters. The first-order valence-corrected chi connectivity index (χ1v) is 9.69. The zero-order valence-electron chi connectivity index (χ0n) is 14.3. The van der Waals surface area contributed by atoms with E-state index in [1.165, 1.54) is 22.7 Å². The summed E-state index contributed by atoms with van der Waals surface area (Å²) in [4.78, 5) is 20.1. The fraction of sp³-hybridized carbons (Fsp3) is 0.158. The first-order valence-electron chi connectivity index (χ1n) is 7.99. The van der Waals surface area contributed by atoms with E-state index < -0.39 is 0 Å². The molecule has 5 nitrogen and oxygen atoms in total. The minimum atomic E-state index is -0.0907. The zero-order chi connectivity index (χ0) is 18.1. The van der Waals surface area contributed by atoms with Crippen molar-refractivity contribution in [3.63, 3.8) is 0 Å². The molecule has 0 radical (unpaired) electrons. The second kappa shape index (κ2) is 6.93. The topological polar surface area (TPSA) is 55.6 Å². The molecule has 0 atom stereocenters. The summed E-state index contributed by atoms with van der Waals surface area (Å²) in [5.41, 5.74) is 1.88. The Kier molecular flexibility index (Phi) is 4.48. The van der Waals surface area contributed by atoms with E-state index >= 15 is 0 Å². The molecule has 0 N–H and O–H groups in total. The van der Waals surface area contributed by atoms with Crippen LogP contribution in [0.3, 0.4) is 0 Å². The van der Waals surface area contributed by atoms with Crippen LogP contribution >= 0.6 is 22.7 Å². The average molecular weight is 384 g/mol. The molecule has 1 aromatic carbocycles. The summed E-state index contributed by atoms with van der Waals surface area (Å²) in [5.74, 6) is 1.32. The Balaban J connectivity index is 1.82. The molecule has 0 fully saturated rings. The summed E-state index contributed by atoms with van der Waals surface area (Å²) in [5, 5.41) is 2.52. The lowest BCUT2D eigenvalue weighted by Crippen LogP contribution is -2.29. The molecular weight excluding hydrogens is 368 g/mol. The fourth-order valence-electron chi connectivity index (χ4n) is 2.70. The average Bonchev–Trinajstić information content (AvgIpc) is 3.40. The number of fused-ring (bicyclic) bond motifs is 1. The fourth-order valence-corrected chi connectivity index (χ4v) is 4.42. The number of ether oxygens (including phenoxy) is 1. The summed E-state index contributed by atoms with van der Waals surface area (Å²) in [7, 11) is 1.63. The van der Waals surface area contributed by atoms with Crippen LogP contribution in [0.1, 0.15) is 21.0 Å². The molecule has 0 spiro atoms. The van der Waals surface area contributed by atoms with E-state index in [9.17, 15) is 4.79 Å². The van der Waals surface area contributed by atoms with Gasteiger partial charge in [0, 0.05) is 0 Å². The monoisotopic (exact) mass is 384 g/mol. The molecule has 0 aliphatic rings. The molecule has 0 aliphatic carbocycles. The number of amides is 1. The highest BCUT2D eigenvalue weighted by molar-refractivity contribution is 7.22. The van der Waals surface area contributed by atoms with Gasteiger partial charge in [-0.2, -0.15) is 0 Å². The summed E-state index contributed by atoms with van der Waals surface area (Å²) in [6.07, 6.45) is 1.61. The molecule has 3 aromatic heterocycles. The van der Waals surface area contributed by atoms with Crippen molar-refractivity contribution in [1.29, 1.82) is 0 Å². The Morgan fingerprint density at radius 3 is 2.85 bits per heavy atom. The Morgan fingerprint density at radius 1 is 1.27 bits per heavy atom. The molecule has 0 aliphatic heterocycles. The smallest absolute Gasteiger partial charge is 0.270 e. The number of methoxy groups -OCH3 is 1. The quantitative estimate of drug-likeness (QED) is 0.479. The van der Waals surface area contributed by atoms with E-state index in [1.54, 1.807) is 18.3 Å². The van der Waals surface area contributed by atoms with E-state index in [4.69, 9.17) is 14.1 Å². The summed E-state index contributed by atoms with van der Waals surface area (Å²) in [6.45, 7) is 2.35. The molecule has 0 bridgehead atoms. The Labute approximate surface area is 158 Å². The van der Waals surface area contributed by atoms with Crippen molar-refractivity contribution in [3.05, 3.63) is 64.2 Å². The number of thiazole rings is 1. The number of aryl methyl sites for hydroxylation is 1. The zero-order valence-corrected chi connectivity index (χ0v) is 15.9. The van der Waals surface area contributed by atoms with E-state index in [-0.39, 0.29) is 5.91 Å². The molecular formula is C19H16N2O3S2. The van der Waals surface area contributed by atoms with Gasteiger partial charge in [-0.15, -0.1) is 11.3 Å². The number of thiophene rings is 1. The molecule has 7 heteroatoms. The number of anilines is 1. The van der Waals surface area contributed by atoms with Crippen LogP contribution in [-0.2, 0) is 6.54 Å². The van der Waals surface area contributed by atoms with E-state index in [0.717, 1.165) is 15.8 Å². The molecule has 1 amide bonds. The first kappa shape index (κ1) is 16.8. The van der Waals surface area contributed by atoms with Crippen molar-refractivity contribution in [2.24, 2.45) is 0 Å². The van der Waals surface area contributed by atoms with Gasteiger partial charge in [0.2, 0.25) is 0 Å². The number of nitrogens with zero attached hydrogens (tertiary/aromatic N) is 2. The van der Waals surface area contributed by atoms with E-state index in [2.05, 4.69) is 0 Å². The lowest BCUT2D eigenvalue weighted by molar-refractivity contribution is 0.0987. The summed E-state index contributed by atoms with van der Waals surface area (Å²) < 4.78 is 11.9. The van der Waals surface area contributed by atoms with Gasteiger partial charge in [-0.1, -0.05) is 23.5 Å². The van der Waals surface area contributed by atoms with Crippen molar-refractivity contribution in [2.45, 2.75) is 13.5 Å². The Bertz CT molecular complexity index is 1040. The van der Waals surface area contributed by atoms with E-state index in [0.29, 0.717) is 28.1 Å². The van der Waals surface area contributed by atoms with Gasteiger partial charge in [-0.05, 0) is 42.1 Å². The predicted molar refractivity (Wildman–Crippen MR) is 104 cm³/mol. The maximum Gasteiger partial charge on any atom is 0.270 e. The van der Waals surface area contributed by atoms with Crippen molar-refractivity contribution >= 4 is 43.9 Å². The van der Waals surface area contributed by atoms with Gasteiger partial charge in [-0.25, -0.2) is 4.98 Å². The Morgan fingerprint density at radius 2 is 2.15 bits per heavy atom. The van der Waals surface area contributed by atoms with Gasteiger partial charge in [0.15, 0.2) is 5.13 Å². The summed E-state index contributed by atoms with van der Waals surface area (Å²) in [6, 6.07) is 11.3. The van der Waals surface area contributed by atoms with Crippen molar-refractivity contribution in [1.82, 2.24) is 4.98 Å². The lowest BCUT2D eigenvalue weighted by Gasteiger charge is -2.17. The van der Waals surface area contributed by atoms with Gasteiger partial charge >= 0.3 is 0 Å². The van der Waals surface area contributed by atoms with E-state index in [1.807, 2.05) is 48.7 Å². The van der Waals surface area contributed by atoms with Crippen molar-refractivity contribution in [3.8, 4) is 5.75 Å². The van der Waals surface area contributed by atoms with Crippen LogP contribution in [0.15, 0.2) is 52.5 Å². The SMILES string of the molecule is COc1ccc(C)c2sc(N(Cc3ccco3)C(=O)c3cccs3)nc12. The highest BCUT2D eigenvalue weighted by Crippen LogP contribution is 2.37. The molecule has 4 aromatic rings. The summed E-state index contributed by atoms with van der Waals surface area (Å²) >= 11 is 2.90. The number of aromatic nitrogens is 1. The maximum atomic E-state index is 13.1. The largest absolute Gasteiger partial charge is 0.494 e. The molecule has 3 heterocycles. The highest BCUT2D eigenvalue weighted by Gasteiger charge is 2.24. The molecule has 0 saturated carbocycles. The maximum absolute atomic E-state index is 13.1. The first-order chi connectivity index (χ1) is 12.7. The number of furan rings is 1. The third-order valence-electron chi connectivity index (χ3n) is 4.01. The van der Waals surface area contributed by atoms with Gasteiger partial charge in [0.1, 0.15) is 17.0 Å². The van der Waals surface area contributed by atoms with Crippen LogP contribution in [0.5, 0.6) is 5.75 Å². The number of hydrogen-bond acceptors (Lipinski definition) is 6. The standard InChI is InChI=1S/C19H16N2O3S2/c1-12-7-8-14(23-2)16-17(12)26-19(20-16)21(11-13-5-3-9-24-13)18(22)15-6-4-10-25-15/h3-10H,11H2,1-2H3. The Hall–Kier alpha value is -2.64. The van der Waals surface area contributed by atoms with Crippen LogP contribution < -0.4 is 9.64 Å². The predicted octanol–water partition coefficient (Wildman–Crippen LogP) is 5.11. The van der Waals surface area contributed by atoms with Crippen molar-refractivity contribution in [2.75, 3.05) is 12.0 Å². The van der Waals surface area contributed by atoms with Gasteiger partial charge in [0.05, 0.1) is 29.5 Å². The number of carbonyl (C=O) groups is 1. The second-order valence-corrected chi connectivity index (χ2v) is 7.63. The minimum Gasteiger partial charge on any atom is -0.494 e. The van der Waals surface area contributed by atoms with Crippen LogP contribution in [0.2, 0.25) is 0 Å². The normalized spacial score (nSPS) is 11.0. The minimum absolute atomic E-state index is 0.0907. The highest BCUT2D eigenvalue weighted by atomic mass is 32.1. The third-order valence-corrected chi connectivity index (χ3v) is 6.09. The van der Waals surface area contributed by atoms with Crippen molar-refractivity contribution < 1.29 is 13.9 Å². The van der Waals surface area contributed by atoms with Crippen LogP contribution in [0, 0.1) is 6.92 Å². The van der Waals surface area contributed by atoms with Crippen LogP contribution in [-0.4, -0.2) is 18.0 Å². The molecule has 26 heavy (non-hydrogen) atoms. The van der Waals surface area contributed by atoms with Gasteiger partial charge < -0.3 is 9.15 Å². The second-order valence-electron chi connectivity index (χ2n) is 5.71. The van der Waals surface area contributed by atoms with Gasteiger partial charge in [0.25, 0.3) is 5.91 Å².